The highest BCUT2D eigenvalue weighted by atomic mass is 16.3. The van der Waals surface area contributed by atoms with Gasteiger partial charge in [0.1, 0.15) is 0 Å². The lowest BCUT2D eigenvalue weighted by Crippen LogP contribution is -2.37. The van der Waals surface area contributed by atoms with E-state index in [0.29, 0.717) is 6.42 Å². The lowest BCUT2D eigenvalue weighted by molar-refractivity contribution is -0.0225. The zero-order chi connectivity index (χ0) is 10.1. The zero-order valence-electron chi connectivity index (χ0n) is 7.35. The summed E-state index contributed by atoms with van der Waals surface area (Å²) in [4.78, 5) is 0. The normalized spacial score (nSPS) is 44.4. The Morgan fingerprint density at radius 1 is 1.62 bits per heavy atom. The summed E-state index contributed by atoms with van der Waals surface area (Å²) in [6, 6.07) is 0. The third-order valence-electron chi connectivity index (χ3n) is 2.65. The molecule has 4 heteroatoms. The van der Waals surface area contributed by atoms with Crippen LogP contribution in [0.3, 0.4) is 0 Å². The molecule has 1 unspecified atom stereocenters. The summed E-state index contributed by atoms with van der Waals surface area (Å²) in [5.41, 5.74) is 1.64. The van der Waals surface area contributed by atoms with Crippen LogP contribution in [-0.2, 0) is 0 Å². The van der Waals surface area contributed by atoms with Crippen molar-refractivity contribution in [2.45, 2.75) is 24.4 Å². The molecule has 0 aromatic heterocycles. The first-order chi connectivity index (χ1) is 6.07. The number of aliphatic hydroxyl groups excluding tert-OH is 3. The van der Waals surface area contributed by atoms with Crippen LogP contribution in [0.5, 0.6) is 0 Å². The topological polar surface area (TPSA) is 60.7 Å². The first-order valence-electron chi connectivity index (χ1n) is 4.17. The van der Waals surface area contributed by atoms with Crippen molar-refractivity contribution in [3.05, 3.63) is 18.4 Å². The second kappa shape index (κ2) is 3.68. The minimum atomic E-state index is -1.04. The Morgan fingerprint density at radius 3 is 2.54 bits per heavy atom. The van der Waals surface area contributed by atoms with Crippen molar-refractivity contribution in [3.63, 3.8) is 0 Å². The van der Waals surface area contributed by atoms with Gasteiger partial charge in [-0.05, 0) is 18.3 Å². The molecule has 0 bridgehead atoms. The first-order valence-corrected chi connectivity index (χ1v) is 4.17. The molecule has 0 heterocycles. The van der Waals surface area contributed by atoms with Gasteiger partial charge in [0.05, 0.1) is 26.7 Å². The predicted molar refractivity (Wildman–Crippen MR) is 49.4 cm³/mol. The fraction of sp³-hybridized carbons (Fsp3) is 0.667. The average molecular weight is 180 g/mol. The van der Waals surface area contributed by atoms with Crippen LogP contribution in [0.25, 0.3) is 0 Å². The van der Waals surface area contributed by atoms with Gasteiger partial charge in [-0.3, -0.25) is 0 Å². The lowest BCUT2D eigenvalue weighted by Gasteiger charge is -2.26. The van der Waals surface area contributed by atoms with Gasteiger partial charge in [-0.25, -0.2) is 0 Å². The molecule has 1 saturated carbocycles. The molecule has 0 saturated heterocycles. The summed E-state index contributed by atoms with van der Waals surface area (Å²) >= 11 is 0. The van der Waals surface area contributed by atoms with Gasteiger partial charge in [0.15, 0.2) is 0 Å². The maximum Gasteiger partial charge on any atom is 0.0912 e. The van der Waals surface area contributed by atoms with Gasteiger partial charge < -0.3 is 15.3 Å². The highest BCUT2D eigenvalue weighted by Gasteiger charge is 2.48. The van der Waals surface area contributed by atoms with Gasteiger partial charge in [-0.15, -0.1) is 5.73 Å². The molecule has 2 radical (unpaired) electrons. The number of aliphatic hydroxyl groups is 3. The van der Waals surface area contributed by atoms with Crippen LogP contribution in [0.1, 0.15) is 6.42 Å². The minimum Gasteiger partial charge on any atom is -0.395 e. The van der Waals surface area contributed by atoms with E-state index >= 15 is 0 Å². The summed E-state index contributed by atoms with van der Waals surface area (Å²) in [7, 11) is 5.56. The average Bonchev–Trinajstić information content (AvgIpc) is 2.32. The Labute approximate surface area is 78.8 Å². The molecule has 1 rings (SSSR count). The number of hydrogen-bond acceptors (Lipinski definition) is 3. The van der Waals surface area contributed by atoms with Crippen molar-refractivity contribution in [1.82, 2.24) is 0 Å². The van der Waals surface area contributed by atoms with Crippen molar-refractivity contribution in [2.75, 3.05) is 6.61 Å². The van der Waals surface area contributed by atoms with Crippen LogP contribution in [-0.4, -0.2) is 42.0 Å². The number of rotatable bonds is 2. The maximum atomic E-state index is 9.62. The largest absolute Gasteiger partial charge is 0.395 e. The maximum absolute atomic E-state index is 9.62. The minimum absolute atomic E-state index is 0.262. The fourth-order valence-corrected chi connectivity index (χ4v) is 1.81. The van der Waals surface area contributed by atoms with Crippen LogP contribution in [0.15, 0.2) is 18.4 Å². The zero-order valence-corrected chi connectivity index (χ0v) is 7.35. The van der Waals surface area contributed by atoms with Crippen molar-refractivity contribution in [2.24, 2.45) is 5.41 Å². The molecule has 4 atom stereocenters. The monoisotopic (exact) mass is 180 g/mol. The first kappa shape index (κ1) is 10.5. The summed E-state index contributed by atoms with van der Waals surface area (Å²) in [6.45, 7) is 3.11. The summed E-state index contributed by atoms with van der Waals surface area (Å²) in [5, 5.41) is 28.2. The fourth-order valence-electron chi connectivity index (χ4n) is 1.81. The molecule has 13 heavy (non-hydrogen) atoms. The second-order valence-electron chi connectivity index (χ2n) is 3.54. The molecule has 70 valence electrons. The molecule has 0 aromatic rings. The molecular formula is C9H13BO3. The Hall–Kier alpha value is -0.535. The molecule has 0 spiro atoms. The third kappa shape index (κ3) is 1.58. The number of hydrogen-bond donors (Lipinski definition) is 3. The SMILES string of the molecule is [B][C@@H]1C[C@](C=C=C)(CO)[C@H](O)C1O. The Morgan fingerprint density at radius 2 is 2.23 bits per heavy atom. The summed E-state index contributed by atoms with van der Waals surface area (Å²) in [6.07, 6.45) is -0.208. The Kier molecular flexibility index (Phi) is 2.99. The van der Waals surface area contributed by atoms with Crippen molar-refractivity contribution < 1.29 is 15.3 Å². The highest BCUT2D eigenvalue weighted by molar-refractivity contribution is 6.12. The van der Waals surface area contributed by atoms with Crippen LogP contribution in [0, 0.1) is 5.41 Å². The highest BCUT2D eigenvalue weighted by Crippen LogP contribution is 2.44. The molecule has 3 N–H and O–H groups in total. The van der Waals surface area contributed by atoms with Crippen molar-refractivity contribution in [1.29, 1.82) is 0 Å². The Bertz CT molecular complexity index is 237. The van der Waals surface area contributed by atoms with E-state index in [1.54, 1.807) is 0 Å². The smallest absolute Gasteiger partial charge is 0.0912 e. The van der Waals surface area contributed by atoms with E-state index in [2.05, 4.69) is 12.3 Å². The van der Waals surface area contributed by atoms with E-state index in [9.17, 15) is 10.2 Å². The standard InChI is InChI=1S/C9H13BO3/c1-2-3-9(5-11)4-6(10)7(12)8(9)13/h3,6-8,11-13H,1,4-5H2/t6-,7?,8-,9-/m1/s1. The van der Waals surface area contributed by atoms with Crippen molar-refractivity contribution >= 4 is 7.85 Å². The van der Waals surface area contributed by atoms with Gasteiger partial charge >= 0.3 is 0 Å². The van der Waals surface area contributed by atoms with E-state index < -0.39 is 23.4 Å². The second-order valence-corrected chi connectivity index (χ2v) is 3.54. The lowest BCUT2D eigenvalue weighted by atomic mass is 9.79. The van der Waals surface area contributed by atoms with Gasteiger partial charge in [-0.2, -0.15) is 0 Å². The van der Waals surface area contributed by atoms with Gasteiger partial charge in [-0.1, -0.05) is 6.58 Å². The molecule has 3 nitrogen and oxygen atoms in total. The van der Waals surface area contributed by atoms with Crippen LogP contribution in [0.2, 0.25) is 5.82 Å². The Balaban J connectivity index is 2.95. The van der Waals surface area contributed by atoms with E-state index in [4.69, 9.17) is 13.0 Å². The molecule has 1 aliphatic rings. The van der Waals surface area contributed by atoms with E-state index in [0.717, 1.165) is 0 Å². The molecular weight excluding hydrogens is 167 g/mol. The molecule has 0 aliphatic heterocycles. The van der Waals surface area contributed by atoms with Crippen molar-refractivity contribution in [3.8, 4) is 0 Å². The summed E-state index contributed by atoms with van der Waals surface area (Å²) < 4.78 is 0. The van der Waals surface area contributed by atoms with Crippen LogP contribution in [0.4, 0.5) is 0 Å². The molecule has 0 aromatic carbocycles. The van der Waals surface area contributed by atoms with Crippen LogP contribution >= 0.6 is 0 Å². The quantitative estimate of drug-likeness (QED) is 0.392. The van der Waals surface area contributed by atoms with E-state index in [-0.39, 0.29) is 6.61 Å². The molecule has 1 fully saturated rings. The molecule has 0 amide bonds. The van der Waals surface area contributed by atoms with Gasteiger partial charge in [0.25, 0.3) is 0 Å². The van der Waals surface area contributed by atoms with E-state index in [1.807, 2.05) is 0 Å². The van der Waals surface area contributed by atoms with Gasteiger partial charge in [0, 0.05) is 5.41 Å². The summed E-state index contributed by atoms with van der Waals surface area (Å²) in [5.74, 6) is -0.508. The predicted octanol–water partition coefficient (Wildman–Crippen LogP) is -0.611. The van der Waals surface area contributed by atoms with Gasteiger partial charge in [0.2, 0.25) is 0 Å². The third-order valence-corrected chi connectivity index (χ3v) is 2.65. The van der Waals surface area contributed by atoms with E-state index in [1.165, 1.54) is 6.08 Å². The molecule has 1 aliphatic carbocycles. The van der Waals surface area contributed by atoms with Crippen LogP contribution < -0.4 is 0 Å².